The Balaban J connectivity index is 1.56. The summed E-state index contributed by atoms with van der Waals surface area (Å²) in [5, 5.41) is 2.70. The van der Waals surface area contributed by atoms with Gasteiger partial charge in [0.15, 0.2) is 6.04 Å². The van der Waals surface area contributed by atoms with Crippen LogP contribution in [0.3, 0.4) is 0 Å². The molecule has 2 unspecified atom stereocenters. The van der Waals surface area contributed by atoms with Gasteiger partial charge in [0, 0.05) is 18.5 Å². The summed E-state index contributed by atoms with van der Waals surface area (Å²) in [5.74, 6) is -1.96. The number of halogens is 4. The number of ether oxygens (including phenoxy) is 1. The van der Waals surface area contributed by atoms with Crippen LogP contribution in [0.5, 0.6) is 0 Å². The smallest absolute Gasteiger partial charge is 0.369 e. The molecule has 2 aromatic rings. The number of amides is 3. The number of benzene rings is 2. The Hall–Kier alpha value is -2.91. The van der Waals surface area contributed by atoms with Crippen molar-refractivity contribution >= 4 is 29.3 Å². The monoisotopic (exact) mass is 480 g/mol. The normalized spacial score (nSPS) is 21.8. The van der Waals surface area contributed by atoms with Crippen LogP contribution in [0, 0.1) is 0 Å². The molecular weight excluding hydrogens is 461 g/mol. The van der Waals surface area contributed by atoms with Crippen LogP contribution in [-0.4, -0.2) is 48.1 Å². The van der Waals surface area contributed by atoms with Gasteiger partial charge < -0.3 is 9.64 Å². The van der Waals surface area contributed by atoms with Gasteiger partial charge in [-0.1, -0.05) is 54.1 Å². The van der Waals surface area contributed by atoms with E-state index in [2.05, 4.69) is 5.32 Å². The van der Waals surface area contributed by atoms with E-state index < -0.39 is 36.6 Å². The van der Waals surface area contributed by atoms with Crippen molar-refractivity contribution in [3.8, 4) is 11.1 Å². The first-order valence-electron chi connectivity index (χ1n) is 10.3. The molecule has 0 saturated carbocycles. The molecule has 0 spiro atoms. The molecule has 0 bridgehead atoms. The number of hydrogen-bond donors (Lipinski definition) is 1. The zero-order valence-corrected chi connectivity index (χ0v) is 18.1. The molecule has 2 fully saturated rings. The van der Waals surface area contributed by atoms with E-state index in [-0.39, 0.29) is 25.5 Å². The highest BCUT2D eigenvalue weighted by molar-refractivity contribution is 6.34. The summed E-state index contributed by atoms with van der Waals surface area (Å²) in [6.45, 7) is -1.17. The SMILES string of the molecule is O=C1CCC(c2cccc(-c3ccc(CN4C(=O)COCC4C(F)(F)F)cc3)c2Cl)C(=O)N1. The van der Waals surface area contributed by atoms with Gasteiger partial charge in [-0.05, 0) is 23.1 Å². The molecule has 3 amide bonds. The predicted octanol–water partition coefficient (Wildman–Crippen LogP) is 3.82. The first-order valence-corrected chi connectivity index (χ1v) is 10.7. The Morgan fingerprint density at radius 1 is 1.09 bits per heavy atom. The molecule has 4 rings (SSSR count). The topological polar surface area (TPSA) is 75.7 Å². The van der Waals surface area contributed by atoms with Crippen molar-refractivity contribution in [3.63, 3.8) is 0 Å². The van der Waals surface area contributed by atoms with Crippen molar-refractivity contribution in [1.82, 2.24) is 10.2 Å². The number of rotatable bonds is 4. The highest BCUT2D eigenvalue weighted by Gasteiger charge is 2.47. The van der Waals surface area contributed by atoms with E-state index >= 15 is 0 Å². The van der Waals surface area contributed by atoms with Crippen molar-refractivity contribution in [2.24, 2.45) is 0 Å². The third kappa shape index (κ3) is 4.89. The van der Waals surface area contributed by atoms with Gasteiger partial charge in [-0.3, -0.25) is 19.7 Å². The zero-order valence-electron chi connectivity index (χ0n) is 17.3. The first kappa shape index (κ1) is 23.3. The highest BCUT2D eigenvalue weighted by Crippen LogP contribution is 2.37. The minimum Gasteiger partial charge on any atom is -0.369 e. The second-order valence-corrected chi connectivity index (χ2v) is 8.38. The molecule has 2 saturated heterocycles. The molecule has 2 heterocycles. The molecule has 0 aromatic heterocycles. The maximum absolute atomic E-state index is 13.3. The van der Waals surface area contributed by atoms with Crippen LogP contribution in [0.1, 0.15) is 29.9 Å². The number of nitrogens with zero attached hydrogens (tertiary/aromatic N) is 1. The third-order valence-corrected chi connectivity index (χ3v) is 6.26. The van der Waals surface area contributed by atoms with E-state index in [0.717, 1.165) is 4.90 Å². The Morgan fingerprint density at radius 3 is 2.48 bits per heavy atom. The summed E-state index contributed by atoms with van der Waals surface area (Å²) in [6.07, 6.45) is -3.99. The van der Waals surface area contributed by atoms with Crippen LogP contribution < -0.4 is 5.32 Å². The van der Waals surface area contributed by atoms with Gasteiger partial charge in [-0.2, -0.15) is 13.2 Å². The lowest BCUT2D eigenvalue weighted by Gasteiger charge is -2.36. The van der Waals surface area contributed by atoms with E-state index in [0.29, 0.717) is 33.7 Å². The number of piperidine rings is 1. The molecule has 33 heavy (non-hydrogen) atoms. The second kappa shape index (κ2) is 9.15. The van der Waals surface area contributed by atoms with Crippen LogP contribution in [0.4, 0.5) is 13.2 Å². The van der Waals surface area contributed by atoms with Crippen molar-refractivity contribution in [3.05, 3.63) is 58.6 Å². The minimum atomic E-state index is -4.58. The van der Waals surface area contributed by atoms with E-state index in [1.165, 1.54) is 0 Å². The van der Waals surface area contributed by atoms with Crippen LogP contribution >= 0.6 is 11.6 Å². The van der Waals surface area contributed by atoms with Gasteiger partial charge in [0.25, 0.3) is 0 Å². The predicted molar refractivity (Wildman–Crippen MR) is 113 cm³/mol. The van der Waals surface area contributed by atoms with Crippen molar-refractivity contribution < 1.29 is 32.3 Å². The molecule has 0 radical (unpaired) electrons. The first-order chi connectivity index (χ1) is 15.6. The number of alkyl halides is 3. The average molecular weight is 481 g/mol. The van der Waals surface area contributed by atoms with Crippen molar-refractivity contribution in [2.75, 3.05) is 13.2 Å². The summed E-state index contributed by atoms with van der Waals surface area (Å²) in [5.41, 5.74) is 2.50. The number of hydrogen-bond acceptors (Lipinski definition) is 4. The van der Waals surface area contributed by atoms with Gasteiger partial charge in [-0.15, -0.1) is 0 Å². The summed E-state index contributed by atoms with van der Waals surface area (Å²) in [6, 6.07) is 9.98. The standard InChI is InChI=1S/C23H20ClF3N2O4/c24-21-15(2-1-3-16(21)17-8-9-19(30)28-22(17)32)14-6-4-13(5-7-14)10-29-18(23(25,26)27)11-33-12-20(29)31/h1-7,17-18H,8-12H2,(H,28,30,32). The lowest BCUT2D eigenvalue weighted by Crippen LogP contribution is -2.55. The van der Waals surface area contributed by atoms with Crippen LogP contribution in [0.15, 0.2) is 42.5 Å². The molecule has 6 nitrogen and oxygen atoms in total. The fourth-order valence-electron chi connectivity index (χ4n) is 4.09. The van der Waals surface area contributed by atoms with Gasteiger partial charge >= 0.3 is 6.18 Å². The molecule has 2 aliphatic heterocycles. The Kier molecular flexibility index (Phi) is 6.45. The average Bonchev–Trinajstić information content (AvgIpc) is 2.76. The summed E-state index contributed by atoms with van der Waals surface area (Å²) in [4.78, 5) is 36.5. The fraction of sp³-hybridized carbons (Fsp3) is 0.348. The number of morpholine rings is 1. The third-order valence-electron chi connectivity index (χ3n) is 5.84. The van der Waals surface area contributed by atoms with Crippen LogP contribution in [0.2, 0.25) is 5.02 Å². The molecule has 174 valence electrons. The van der Waals surface area contributed by atoms with E-state index in [1.54, 1.807) is 42.5 Å². The number of carbonyl (C=O) groups excluding carboxylic acids is 3. The van der Waals surface area contributed by atoms with E-state index in [9.17, 15) is 27.6 Å². The van der Waals surface area contributed by atoms with Crippen LogP contribution in [-0.2, 0) is 25.7 Å². The lowest BCUT2D eigenvalue weighted by atomic mass is 9.88. The fourth-order valence-corrected chi connectivity index (χ4v) is 4.46. The molecule has 2 aromatic carbocycles. The van der Waals surface area contributed by atoms with Crippen molar-refractivity contribution in [1.29, 1.82) is 0 Å². The second-order valence-electron chi connectivity index (χ2n) is 8.00. The number of nitrogens with one attached hydrogen (secondary N) is 1. The largest absolute Gasteiger partial charge is 0.411 e. The molecule has 2 aliphatic rings. The Labute approximate surface area is 192 Å². The van der Waals surface area contributed by atoms with Crippen molar-refractivity contribution in [2.45, 2.75) is 37.5 Å². The van der Waals surface area contributed by atoms with Gasteiger partial charge in [0.1, 0.15) is 6.61 Å². The zero-order chi connectivity index (χ0) is 23.8. The summed E-state index contributed by atoms with van der Waals surface area (Å²) in [7, 11) is 0. The minimum absolute atomic E-state index is 0.198. The summed E-state index contributed by atoms with van der Waals surface area (Å²) < 4.78 is 44.7. The molecular formula is C23H20ClF3N2O4. The van der Waals surface area contributed by atoms with Gasteiger partial charge in [0.05, 0.1) is 17.5 Å². The Bertz CT molecular complexity index is 1090. The number of carbonyl (C=O) groups is 3. The van der Waals surface area contributed by atoms with Gasteiger partial charge in [-0.25, -0.2) is 0 Å². The van der Waals surface area contributed by atoms with E-state index in [1.807, 2.05) is 0 Å². The van der Waals surface area contributed by atoms with Gasteiger partial charge in [0.2, 0.25) is 17.7 Å². The molecule has 0 aliphatic carbocycles. The maximum atomic E-state index is 13.3. The maximum Gasteiger partial charge on any atom is 0.411 e. The quantitative estimate of drug-likeness (QED) is 0.675. The molecule has 1 N–H and O–H groups in total. The molecule has 10 heteroatoms. The number of imide groups is 1. The van der Waals surface area contributed by atoms with E-state index in [4.69, 9.17) is 16.3 Å². The summed E-state index contributed by atoms with van der Waals surface area (Å²) >= 11 is 6.61. The van der Waals surface area contributed by atoms with Crippen LogP contribution in [0.25, 0.3) is 11.1 Å². The lowest BCUT2D eigenvalue weighted by molar-refractivity contribution is -0.215. The highest BCUT2D eigenvalue weighted by atomic mass is 35.5. The Morgan fingerprint density at radius 2 is 1.82 bits per heavy atom. The molecule has 2 atom stereocenters.